The Morgan fingerprint density at radius 3 is 2.41 bits per heavy atom. The predicted molar refractivity (Wildman–Crippen MR) is 154 cm³/mol. The molecule has 37 heavy (non-hydrogen) atoms. The van der Waals surface area contributed by atoms with Gasteiger partial charge in [-0.2, -0.15) is 10.1 Å². The lowest BCUT2D eigenvalue weighted by molar-refractivity contribution is -0.128. The molecule has 7 nitrogen and oxygen atoms in total. The number of amides is 2. The summed E-state index contributed by atoms with van der Waals surface area (Å²) in [6, 6.07) is 20.8. The zero-order valence-corrected chi connectivity index (χ0v) is 23.4. The Kier molecular flexibility index (Phi) is 8.45. The number of halogens is 1. The predicted octanol–water partition coefficient (Wildman–Crippen LogP) is 6.46. The highest BCUT2D eigenvalue weighted by atomic mass is 79.9. The summed E-state index contributed by atoms with van der Waals surface area (Å²) < 4.78 is 6.38. The van der Waals surface area contributed by atoms with Gasteiger partial charge in [0.25, 0.3) is 5.91 Å². The summed E-state index contributed by atoms with van der Waals surface area (Å²) in [6.07, 6.45) is -0.00836. The molecule has 4 rings (SSSR count). The smallest absolute Gasteiger partial charge is 0.263 e. The number of carbonyl (C=O) groups is 2. The normalized spacial score (nSPS) is 16.8. The fourth-order valence-electron chi connectivity index (χ4n) is 3.85. The molecule has 0 aliphatic carbocycles. The van der Waals surface area contributed by atoms with Crippen LogP contribution in [-0.4, -0.2) is 40.1 Å². The molecule has 1 aliphatic heterocycles. The summed E-state index contributed by atoms with van der Waals surface area (Å²) in [5.74, 6) is 0.0370. The van der Waals surface area contributed by atoms with Crippen LogP contribution in [0.3, 0.4) is 0 Å². The van der Waals surface area contributed by atoms with Crippen molar-refractivity contribution in [1.29, 1.82) is 0 Å². The summed E-state index contributed by atoms with van der Waals surface area (Å²) in [6.45, 7) is 5.72. The summed E-state index contributed by atoms with van der Waals surface area (Å²) in [5, 5.41) is 8.61. The first kappa shape index (κ1) is 26.6. The molecule has 0 saturated carbocycles. The summed E-state index contributed by atoms with van der Waals surface area (Å²) in [7, 11) is 1.57. The number of nitrogens with one attached hydrogen (secondary N) is 1. The molecule has 0 radical (unpaired) electrons. The van der Waals surface area contributed by atoms with Crippen LogP contribution >= 0.6 is 27.7 Å². The molecule has 1 N–H and O–H groups in total. The second-order valence-electron chi connectivity index (χ2n) is 8.53. The maximum atomic E-state index is 13.5. The number of rotatable bonds is 7. The molecular formula is C28H27BrN4O3S. The molecule has 0 spiro atoms. The van der Waals surface area contributed by atoms with E-state index in [1.165, 1.54) is 16.8 Å². The van der Waals surface area contributed by atoms with Crippen molar-refractivity contribution in [2.75, 3.05) is 12.4 Å². The minimum absolute atomic E-state index is 0.00836. The second-order valence-corrected chi connectivity index (χ2v) is 10.6. The van der Waals surface area contributed by atoms with Crippen molar-refractivity contribution in [3.63, 3.8) is 0 Å². The fourth-order valence-corrected chi connectivity index (χ4v) is 5.18. The van der Waals surface area contributed by atoms with Crippen molar-refractivity contribution in [2.24, 2.45) is 10.1 Å². The number of para-hydroxylation sites is 3. The van der Waals surface area contributed by atoms with Gasteiger partial charge in [-0.3, -0.25) is 9.59 Å². The van der Waals surface area contributed by atoms with Gasteiger partial charge in [-0.05, 0) is 61.7 Å². The highest BCUT2D eigenvalue weighted by molar-refractivity contribution is 9.10. The maximum Gasteiger partial charge on any atom is 0.263 e. The third-order valence-corrected chi connectivity index (χ3v) is 7.50. The monoisotopic (exact) mass is 578 g/mol. The van der Waals surface area contributed by atoms with Crippen LogP contribution in [0.25, 0.3) is 0 Å². The number of aryl methyl sites for hydroxylation is 2. The minimum Gasteiger partial charge on any atom is -0.494 e. The van der Waals surface area contributed by atoms with E-state index in [-0.39, 0.29) is 18.2 Å². The standard InChI is InChI=1S/C28H27BrN4O3S/c1-17-8-7-9-18(2)26(17)31-25(34)16-24-27(35)33(32-19(3)20-12-14-21(29)15-13-20)28(37-24)30-22-10-5-6-11-23(22)36-4/h5-15,24H,16H2,1-4H3,(H,31,34)/b30-28?,32-19-/t24-/m0/s1. The molecule has 2 amide bonds. The number of hydrogen-bond acceptors (Lipinski definition) is 6. The van der Waals surface area contributed by atoms with Gasteiger partial charge in [-0.15, -0.1) is 0 Å². The van der Waals surface area contributed by atoms with E-state index in [1.54, 1.807) is 19.2 Å². The van der Waals surface area contributed by atoms with E-state index in [2.05, 4.69) is 26.3 Å². The number of amidine groups is 1. The Bertz CT molecular complexity index is 1370. The zero-order chi connectivity index (χ0) is 26.5. The Labute approximate surface area is 229 Å². The first-order chi connectivity index (χ1) is 17.8. The van der Waals surface area contributed by atoms with Crippen LogP contribution in [0.5, 0.6) is 5.75 Å². The number of carbonyl (C=O) groups excluding carboxylic acids is 2. The van der Waals surface area contributed by atoms with E-state index in [4.69, 9.17) is 9.73 Å². The third-order valence-electron chi connectivity index (χ3n) is 5.84. The zero-order valence-electron chi connectivity index (χ0n) is 21.0. The molecule has 190 valence electrons. The van der Waals surface area contributed by atoms with Crippen molar-refractivity contribution in [2.45, 2.75) is 32.4 Å². The van der Waals surface area contributed by atoms with E-state index >= 15 is 0 Å². The number of anilines is 1. The van der Waals surface area contributed by atoms with Crippen LogP contribution in [0.2, 0.25) is 0 Å². The van der Waals surface area contributed by atoms with E-state index in [0.29, 0.717) is 22.3 Å². The van der Waals surface area contributed by atoms with Crippen molar-refractivity contribution in [3.05, 3.63) is 87.9 Å². The van der Waals surface area contributed by atoms with Crippen LogP contribution in [-0.2, 0) is 9.59 Å². The lowest BCUT2D eigenvalue weighted by atomic mass is 10.1. The number of hydrogen-bond donors (Lipinski definition) is 1. The van der Waals surface area contributed by atoms with Crippen LogP contribution in [0.1, 0.15) is 30.0 Å². The number of benzene rings is 3. The first-order valence-corrected chi connectivity index (χ1v) is 13.3. The van der Waals surface area contributed by atoms with Gasteiger partial charge >= 0.3 is 0 Å². The first-order valence-electron chi connectivity index (χ1n) is 11.7. The summed E-state index contributed by atoms with van der Waals surface area (Å²) in [4.78, 5) is 31.2. The topological polar surface area (TPSA) is 83.4 Å². The lowest BCUT2D eigenvalue weighted by Gasteiger charge is -2.13. The van der Waals surface area contributed by atoms with Gasteiger partial charge in [-0.1, -0.05) is 70.2 Å². The van der Waals surface area contributed by atoms with E-state index in [9.17, 15) is 9.59 Å². The highest BCUT2D eigenvalue weighted by Gasteiger charge is 2.40. The number of aliphatic imine (C=N–C) groups is 1. The minimum atomic E-state index is -0.667. The summed E-state index contributed by atoms with van der Waals surface area (Å²) >= 11 is 4.66. The largest absolute Gasteiger partial charge is 0.494 e. The van der Waals surface area contributed by atoms with Crippen LogP contribution in [0, 0.1) is 13.8 Å². The SMILES string of the molecule is COc1ccccc1N=C1S[C@@H](CC(=O)Nc2c(C)cccc2C)C(=O)N1/N=C(/C)c1ccc(Br)cc1. The Morgan fingerprint density at radius 1 is 1.05 bits per heavy atom. The van der Waals surface area contributed by atoms with Crippen LogP contribution < -0.4 is 10.1 Å². The molecule has 3 aromatic carbocycles. The molecule has 1 fully saturated rings. The molecule has 3 aromatic rings. The van der Waals surface area contributed by atoms with Gasteiger partial charge in [0.15, 0.2) is 5.17 Å². The molecule has 0 bridgehead atoms. The number of nitrogens with zero attached hydrogens (tertiary/aromatic N) is 3. The Morgan fingerprint density at radius 2 is 1.73 bits per heavy atom. The van der Waals surface area contributed by atoms with Crippen molar-refractivity contribution in [3.8, 4) is 5.75 Å². The molecule has 0 unspecified atom stereocenters. The number of ether oxygens (including phenoxy) is 1. The van der Waals surface area contributed by atoms with E-state index in [1.807, 2.05) is 75.4 Å². The van der Waals surface area contributed by atoms with Gasteiger partial charge in [0.1, 0.15) is 16.7 Å². The molecule has 1 saturated heterocycles. The molecule has 0 aromatic heterocycles. The fraction of sp³-hybridized carbons (Fsp3) is 0.214. The molecule has 9 heteroatoms. The van der Waals surface area contributed by atoms with E-state index in [0.717, 1.165) is 26.9 Å². The van der Waals surface area contributed by atoms with Gasteiger partial charge in [-0.25, -0.2) is 4.99 Å². The summed E-state index contributed by atoms with van der Waals surface area (Å²) in [5.41, 5.74) is 4.79. The lowest BCUT2D eigenvalue weighted by Crippen LogP contribution is -2.30. The molecular weight excluding hydrogens is 552 g/mol. The van der Waals surface area contributed by atoms with Gasteiger partial charge in [0.05, 0.1) is 12.8 Å². The highest BCUT2D eigenvalue weighted by Crippen LogP contribution is 2.35. The average Bonchev–Trinajstić information content (AvgIpc) is 3.15. The van der Waals surface area contributed by atoms with Crippen molar-refractivity contribution in [1.82, 2.24) is 5.01 Å². The second kappa shape index (κ2) is 11.7. The number of methoxy groups -OCH3 is 1. The molecule has 1 heterocycles. The quantitative estimate of drug-likeness (QED) is 0.326. The Balaban J connectivity index is 1.64. The average molecular weight is 580 g/mol. The molecule has 1 atom stereocenters. The van der Waals surface area contributed by atoms with Gasteiger partial charge < -0.3 is 10.1 Å². The Hall–Kier alpha value is -3.43. The van der Waals surface area contributed by atoms with Gasteiger partial charge in [0.2, 0.25) is 5.91 Å². The van der Waals surface area contributed by atoms with Crippen molar-refractivity contribution < 1.29 is 14.3 Å². The molecule has 1 aliphatic rings. The van der Waals surface area contributed by atoms with Crippen LogP contribution in [0.4, 0.5) is 11.4 Å². The van der Waals surface area contributed by atoms with Crippen LogP contribution in [0.15, 0.2) is 81.3 Å². The van der Waals surface area contributed by atoms with E-state index < -0.39 is 5.25 Å². The van der Waals surface area contributed by atoms with Crippen molar-refractivity contribution >= 4 is 61.8 Å². The maximum absolute atomic E-state index is 13.5. The number of thioether (sulfide) groups is 1. The third kappa shape index (κ3) is 6.29. The van der Waals surface area contributed by atoms with Gasteiger partial charge in [0, 0.05) is 16.6 Å². The number of hydrazone groups is 1.